The largest absolute Gasteiger partial charge is 0.484 e. The summed E-state index contributed by atoms with van der Waals surface area (Å²) in [5.41, 5.74) is 2.90. The summed E-state index contributed by atoms with van der Waals surface area (Å²) in [6, 6.07) is 11.1. The average molecular weight is 476 g/mol. The number of nitrogens with zero attached hydrogens (tertiary/aromatic N) is 1. The molecule has 0 radical (unpaired) electrons. The van der Waals surface area contributed by atoms with Crippen LogP contribution in [0.2, 0.25) is 5.02 Å². The van der Waals surface area contributed by atoms with Crippen molar-refractivity contribution in [2.45, 2.75) is 45.4 Å². The summed E-state index contributed by atoms with van der Waals surface area (Å²) in [6.45, 7) is 5.00. The molecule has 10 heteroatoms. The molecule has 1 heterocycles. The molecule has 0 aliphatic carbocycles. The highest BCUT2D eigenvalue weighted by Gasteiger charge is 2.37. The van der Waals surface area contributed by atoms with E-state index in [1.54, 1.807) is 63.2 Å². The number of carbonyl (C=O) groups excluding carboxylic acids is 3. The molecule has 3 amide bonds. The van der Waals surface area contributed by atoms with Crippen LogP contribution in [0.25, 0.3) is 0 Å². The van der Waals surface area contributed by atoms with Gasteiger partial charge in [0, 0.05) is 17.1 Å². The van der Waals surface area contributed by atoms with E-state index in [1.165, 1.54) is 10.4 Å². The van der Waals surface area contributed by atoms with Crippen LogP contribution in [-0.2, 0) is 27.3 Å². The lowest BCUT2D eigenvalue weighted by Crippen LogP contribution is -2.52. The van der Waals surface area contributed by atoms with Gasteiger partial charge in [0.25, 0.3) is 5.91 Å². The van der Waals surface area contributed by atoms with Crippen molar-refractivity contribution in [1.82, 2.24) is 10.4 Å². The lowest BCUT2D eigenvalue weighted by atomic mass is 9.93. The minimum Gasteiger partial charge on any atom is -0.484 e. The molecule has 33 heavy (non-hydrogen) atoms. The van der Waals surface area contributed by atoms with Crippen LogP contribution in [0.15, 0.2) is 42.5 Å². The van der Waals surface area contributed by atoms with E-state index in [9.17, 15) is 14.4 Å². The Morgan fingerprint density at radius 3 is 2.58 bits per heavy atom. The van der Waals surface area contributed by atoms with Crippen molar-refractivity contribution < 1.29 is 29.1 Å². The number of halogens is 1. The van der Waals surface area contributed by atoms with Crippen molar-refractivity contribution >= 4 is 35.2 Å². The van der Waals surface area contributed by atoms with E-state index >= 15 is 0 Å². The minimum atomic E-state index is -0.807. The molecule has 9 nitrogen and oxygen atoms in total. The summed E-state index contributed by atoms with van der Waals surface area (Å²) in [5, 5.41) is 11.9. The van der Waals surface area contributed by atoms with Gasteiger partial charge in [0.05, 0.1) is 6.54 Å². The van der Waals surface area contributed by atoms with Crippen molar-refractivity contribution in [3.8, 4) is 5.75 Å². The quantitative estimate of drug-likeness (QED) is 0.450. The molecule has 176 valence electrons. The Kier molecular flexibility index (Phi) is 7.45. The number of nitrogens with one attached hydrogen (secondary N) is 2. The van der Waals surface area contributed by atoms with E-state index in [0.29, 0.717) is 16.5 Å². The van der Waals surface area contributed by atoms with Gasteiger partial charge in [-0.15, -0.1) is 0 Å². The minimum absolute atomic E-state index is 0.112. The van der Waals surface area contributed by atoms with Crippen LogP contribution in [-0.4, -0.2) is 46.3 Å². The highest BCUT2D eigenvalue weighted by molar-refractivity contribution is 6.30. The number of hydrogen-bond acceptors (Lipinski definition) is 6. The van der Waals surface area contributed by atoms with Gasteiger partial charge in [-0.2, -0.15) is 0 Å². The number of carbonyl (C=O) groups is 3. The van der Waals surface area contributed by atoms with E-state index in [-0.39, 0.29) is 25.5 Å². The number of fused-ring (bicyclic) bond motifs is 1. The zero-order chi connectivity index (χ0) is 24.2. The van der Waals surface area contributed by atoms with Crippen LogP contribution < -0.4 is 15.5 Å². The summed E-state index contributed by atoms with van der Waals surface area (Å²) in [7, 11) is 0. The predicted octanol–water partition coefficient (Wildman–Crippen LogP) is 3.52. The van der Waals surface area contributed by atoms with Gasteiger partial charge < -0.3 is 14.8 Å². The third-order valence-corrected chi connectivity index (χ3v) is 5.06. The summed E-state index contributed by atoms with van der Waals surface area (Å²) < 4.78 is 10.9. The molecule has 0 fully saturated rings. The van der Waals surface area contributed by atoms with Crippen LogP contribution in [0, 0.1) is 0 Å². The van der Waals surface area contributed by atoms with E-state index < -0.39 is 23.6 Å². The van der Waals surface area contributed by atoms with E-state index in [0.717, 1.165) is 11.1 Å². The summed E-state index contributed by atoms with van der Waals surface area (Å²) in [4.78, 5) is 38.7. The molecule has 0 bridgehead atoms. The van der Waals surface area contributed by atoms with Crippen LogP contribution >= 0.6 is 11.6 Å². The fraction of sp³-hybridized carbons (Fsp3) is 0.348. The van der Waals surface area contributed by atoms with Crippen molar-refractivity contribution in [3.63, 3.8) is 0 Å². The van der Waals surface area contributed by atoms with E-state index in [1.807, 2.05) is 0 Å². The first-order valence-corrected chi connectivity index (χ1v) is 10.7. The molecule has 0 saturated carbocycles. The zero-order valence-corrected chi connectivity index (χ0v) is 19.3. The maximum absolute atomic E-state index is 13.2. The normalized spacial score (nSPS) is 15.3. The van der Waals surface area contributed by atoms with E-state index in [4.69, 9.17) is 26.3 Å². The highest BCUT2D eigenvalue weighted by atomic mass is 35.5. The van der Waals surface area contributed by atoms with Gasteiger partial charge in [0.2, 0.25) is 5.91 Å². The van der Waals surface area contributed by atoms with Gasteiger partial charge >= 0.3 is 6.09 Å². The molecule has 2 aromatic carbocycles. The Hall–Kier alpha value is -3.30. The molecule has 3 rings (SSSR count). The van der Waals surface area contributed by atoms with Gasteiger partial charge in [-0.1, -0.05) is 23.7 Å². The Bertz CT molecular complexity index is 1050. The fourth-order valence-electron chi connectivity index (χ4n) is 3.37. The smallest absolute Gasteiger partial charge is 0.411 e. The van der Waals surface area contributed by atoms with Crippen LogP contribution in [0.1, 0.15) is 31.9 Å². The number of amides is 3. The molecule has 3 N–H and O–H groups in total. The summed E-state index contributed by atoms with van der Waals surface area (Å²) >= 11 is 6.02. The highest BCUT2D eigenvalue weighted by Crippen LogP contribution is 2.29. The molecule has 0 aromatic heterocycles. The van der Waals surface area contributed by atoms with Crippen LogP contribution in [0.3, 0.4) is 0 Å². The lowest BCUT2D eigenvalue weighted by molar-refractivity contribution is -0.131. The van der Waals surface area contributed by atoms with Gasteiger partial charge in [-0.05, 0) is 62.2 Å². The van der Waals surface area contributed by atoms with Gasteiger partial charge in [-0.25, -0.2) is 10.3 Å². The number of hydrogen-bond donors (Lipinski definition) is 3. The van der Waals surface area contributed by atoms with Gasteiger partial charge in [-0.3, -0.25) is 19.7 Å². The zero-order valence-electron chi connectivity index (χ0n) is 18.6. The maximum atomic E-state index is 13.2. The third-order valence-electron chi connectivity index (χ3n) is 4.83. The third kappa shape index (κ3) is 6.59. The van der Waals surface area contributed by atoms with E-state index in [2.05, 4.69) is 5.32 Å². The number of rotatable bonds is 5. The Balaban J connectivity index is 1.85. The van der Waals surface area contributed by atoms with Gasteiger partial charge in [0.1, 0.15) is 17.4 Å². The standard InChI is InChI=1S/C23H26ClN3O6/c1-23(2,3)33-22(30)27-12-15-9-18(32-13-20(28)26-31)8-7-14(15)10-19(27)21(29)25-17-6-4-5-16(24)11-17/h4-9,11,19,31H,10,12-13H2,1-3H3,(H,25,29)(H,26,28)/t19-/m0/s1. The Morgan fingerprint density at radius 2 is 1.91 bits per heavy atom. The van der Waals surface area contributed by atoms with Gasteiger partial charge in [0.15, 0.2) is 6.61 Å². The second-order valence-electron chi connectivity index (χ2n) is 8.58. The number of anilines is 1. The molecule has 0 spiro atoms. The first-order valence-electron chi connectivity index (χ1n) is 10.3. The molecule has 0 unspecified atom stereocenters. The molecular formula is C23H26ClN3O6. The Morgan fingerprint density at radius 1 is 1.15 bits per heavy atom. The Labute approximate surface area is 196 Å². The molecular weight excluding hydrogens is 450 g/mol. The second-order valence-corrected chi connectivity index (χ2v) is 9.02. The second kappa shape index (κ2) is 10.1. The molecule has 2 aromatic rings. The molecule has 0 saturated heterocycles. The maximum Gasteiger partial charge on any atom is 0.411 e. The van der Waals surface area contributed by atoms with Crippen LogP contribution in [0.5, 0.6) is 5.75 Å². The van der Waals surface area contributed by atoms with Crippen LogP contribution in [0.4, 0.5) is 10.5 Å². The molecule has 1 aliphatic heterocycles. The number of hydroxylamine groups is 1. The van der Waals surface area contributed by atoms with Crippen molar-refractivity contribution in [1.29, 1.82) is 0 Å². The summed E-state index contributed by atoms with van der Waals surface area (Å²) in [5.74, 6) is -0.669. The number of ether oxygens (including phenoxy) is 2. The fourth-order valence-corrected chi connectivity index (χ4v) is 3.56. The lowest BCUT2D eigenvalue weighted by Gasteiger charge is -2.37. The molecule has 1 atom stereocenters. The SMILES string of the molecule is CC(C)(C)OC(=O)N1Cc2cc(OCC(=O)NO)ccc2C[C@H]1C(=O)Nc1cccc(Cl)c1. The first kappa shape index (κ1) is 24.3. The predicted molar refractivity (Wildman–Crippen MR) is 121 cm³/mol. The molecule has 1 aliphatic rings. The number of benzene rings is 2. The monoisotopic (exact) mass is 475 g/mol. The summed E-state index contributed by atoms with van der Waals surface area (Å²) in [6.07, 6.45) is -0.358. The van der Waals surface area contributed by atoms with Crippen molar-refractivity contribution in [2.75, 3.05) is 11.9 Å². The van der Waals surface area contributed by atoms with Crippen molar-refractivity contribution in [2.24, 2.45) is 0 Å². The van der Waals surface area contributed by atoms with Crippen molar-refractivity contribution in [3.05, 3.63) is 58.6 Å². The first-order chi connectivity index (χ1) is 15.6. The topological polar surface area (TPSA) is 117 Å². The average Bonchev–Trinajstić information content (AvgIpc) is 2.75.